The molecule has 2 amide bonds. The molecule has 200 valence electrons. The van der Waals surface area contributed by atoms with Gasteiger partial charge in [-0.25, -0.2) is 0 Å². The van der Waals surface area contributed by atoms with E-state index in [-0.39, 0.29) is 11.8 Å². The second kappa shape index (κ2) is 16.4. The average Bonchev–Trinajstić information content (AvgIpc) is 2.69. The molecule has 1 saturated heterocycles. The highest BCUT2D eigenvalue weighted by atomic mass is 16.3. The fraction of sp³-hybridized carbons (Fsp3) is 0.917. The van der Waals surface area contributed by atoms with Crippen LogP contribution in [0.3, 0.4) is 0 Å². The summed E-state index contributed by atoms with van der Waals surface area (Å²) in [6.45, 7) is 10.2. The number of nitrogens with one attached hydrogen (secondary N) is 2. The highest BCUT2D eigenvalue weighted by Gasteiger charge is 2.32. The van der Waals surface area contributed by atoms with Crippen molar-refractivity contribution in [1.29, 1.82) is 0 Å². The molecule has 0 saturated carbocycles. The van der Waals surface area contributed by atoms with Gasteiger partial charge in [-0.05, 0) is 79.3 Å². The van der Waals surface area contributed by atoms with Crippen molar-refractivity contribution in [3.05, 3.63) is 0 Å². The summed E-state index contributed by atoms with van der Waals surface area (Å²) >= 11 is 0. The Hall–Kier alpha value is -1.30. The Morgan fingerprint density at radius 3 is 1.18 bits per heavy atom. The van der Waals surface area contributed by atoms with Crippen LogP contribution in [-0.2, 0) is 9.59 Å². The molecule has 0 bridgehead atoms. The SMILES string of the molecule is C[C@@H](O)CN(CCCC[C@@H]1NC(=O)[C@@H](CCCCN(C[C@@H](C)O)C[C@@H](C)O)NC1=O)C[C@@H](C)O. The number of amides is 2. The van der Waals surface area contributed by atoms with Gasteiger partial charge in [0.2, 0.25) is 11.8 Å². The predicted octanol–water partition coefficient (Wildman–Crippen LogP) is -0.563. The fourth-order valence-electron chi connectivity index (χ4n) is 4.46. The molecule has 0 aliphatic carbocycles. The molecule has 0 aromatic carbocycles. The summed E-state index contributed by atoms with van der Waals surface area (Å²) in [6, 6.07) is -1.06. The van der Waals surface area contributed by atoms with Gasteiger partial charge in [0.1, 0.15) is 12.1 Å². The number of piperazine rings is 1. The molecule has 6 N–H and O–H groups in total. The van der Waals surface area contributed by atoms with Crippen molar-refractivity contribution < 1.29 is 30.0 Å². The number of aliphatic hydroxyl groups excluding tert-OH is 4. The molecule has 0 aromatic rings. The van der Waals surface area contributed by atoms with Gasteiger partial charge in [-0.1, -0.05) is 0 Å². The van der Waals surface area contributed by atoms with Crippen LogP contribution in [0, 0.1) is 0 Å². The number of unbranched alkanes of at least 4 members (excludes halogenated alkanes) is 2. The van der Waals surface area contributed by atoms with Crippen molar-refractivity contribution in [3.8, 4) is 0 Å². The van der Waals surface area contributed by atoms with Crippen molar-refractivity contribution >= 4 is 11.8 Å². The van der Waals surface area contributed by atoms with Gasteiger partial charge in [0.25, 0.3) is 0 Å². The normalized spacial score (nSPS) is 22.4. The highest BCUT2D eigenvalue weighted by molar-refractivity contribution is 5.96. The maximum atomic E-state index is 12.5. The number of carbonyl (C=O) groups is 2. The van der Waals surface area contributed by atoms with Crippen LogP contribution in [0.15, 0.2) is 0 Å². The van der Waals surface area contributed by atoms with Crippen molar-refractivity contribution in [2.75, 3.05) is 39.3 Å². The molecule has 0 radical (unpaired) electrons. The molecular weight excluding hydrogens is 440 g/mol. The first kappa shape index (κ1) is 30.7. The Morgan fingerprint density at radius 1 is 0.618 bits per heavy atom. The topological polar surface area (TPSA) is 146 Å². The number of carbonyl (C=O) groups excluding carboxylic acids is 2. The third-order valence-electron chi connectivity index (χ3n) is 5.79. The lowest BCUT2D eigenvalue weighted by molar-refractivity contribution is -0.137. The van der Waals surface area contributed by atoms with Gasteiger partial charge in [-0.2, -0.15) is 0 Å². The van der Waals surface area contributed by atoms with Crippen LogP contribution in [0.5, 0.6) is 0 Å². The zero-order valence-corrected chi connectivity index (χ0v) is 21.4. The van der Waals surface area contributed by atoms with Crippen LogP contribution in [0.2, 0.25) is 0 Å². The lowest BCUT2D eigenvalue weighted by atomic mass is 10.0. The lowest BCUT2D eigenvalue weighted by Crippen LogP contribution is -2.61. The van der Waals surface area contributed by atoms with Gasteiger partial charge < -0.3 is 31.1 Å². The summed E-state index contributed by atoms with van der Waals surface area (Å²) in [6.07, 6.45) is 2.32. The monoisotopic (exact) mass is 488 g/mol. The number of hydrogen-bond donors (Lipinski definition) is 6. The molecule has 1 heterocycles. The Kier molecular flexibility index (Phi) is 14.8. The zero-order chi connectivity index (χ0) is 25.7. The first-order valence-electron chi connectivity index (χ1n) is 12.8. The van der Waals surface area contributed by atoms with Crippen molar-refractivity contribution in [2.45, 2.75) is 103 Å². The molecule has 0 spiro atoms. The van der Waals surface area contributed by atoms with Gasteiger partial charge in [0, 0.05) is 26.2 Å². The first-order chi connectivity index (χ1) is 16.0. The third kappa shape index (κ3) is 13.6. The van der Waals surface area contributed by atoms with E-state index < -0.39 is 36.5 Å². The van der Waals surface area contributed by atoms with Gasteiger partial charge >= 0.3 is 0 Å². The smallest absolute Gasteiger partial charge is 0.243 e. The predicted molar refractivity (Wildman–Crippen MR) is 131 cm³/mol. The van der Waals surface area contributed by atoms with E-state index in [9.17, 15) is 30.0 Å². The van der Waals surface area contributed by atoms with Crippen LogP contribution in [0.25, 0.3) is 0 Å². The largest absolute Gasteiger partial charge is 0.392 e. The summed E-state index contributed by atoms with van der Waals surface area (Å²) in [4.78, 5) is 29.0. The number of nitrogens with zero attached hydrogens (tertiary/aromatic N) is 2. The summed E-state index contributed by atoms with van der Waals surface area (Å²) in [5.74, 6) is -0.307. The van der Waals surface area contributed by atoms with Crippen LogP contribution in [0.1, 0.15) is 66.2 Å². The van der Waals surface area contributed by atoms with E-state index in [1.54, 1.807) is 27.7 Å². The maximum absolute atomic E-state index is 12.5. The molecule has 1 aliphatic rings. The second-order valence-corrected chi connectivity index (χ2v) is 10.0. The Bertz CT molecular complexity index is 518. The maximum Gasteiger partial charge on any atom is 0.243 e. The van der Waals surface area contributed by atoms with Crippen LogP contribution in [0.4, 0.5) is 0 Å². The van der Waals surface area contributed by atoms with Crippen LogP contribution >= 0.6 is 0 Å². The average molecular weight is 489 g/mol. The minimum absolute atomic E-state index is 0.153. The summed E-state index contributed by atoms with van der Waals surface area (Å²) in [7, 11) is 0. The molecule has 1 fully saturated rings. The third-order valence-corrected chi connectivity index (χ3v) is 5.79. The minimum atomic E-state index is -0.529. The quantitative estimate of drug-likeness (QED) is 0.141. The van der Waals surface area contributed by atoms with Crippen LogP contribution in [-0.4, -0.2) is 118 Å². The van der Waals surface area contributed by atoms with E-state index in [1.165, 1.54) is 0 Å². The van der Waals surface area contributed by atoms with Crippen molar-refractivity contribution in [1.82, 2.24) is 20.4 Å². The van der Waals surface area contributed by atoms with E-state index in [0.29, 0.717) is 52.1 Å². The number of hydrogen-bond acceptors (Lipinski definition) is 8. The Labute approximate surface area is 204 Å². The minimum Gasteiger partial charge on any atom is -0.392 e. The van der Waals surface area contributed by atoms with E-state index in [4.69, 9.17) is 0 Å². The van der Waals surface area contributed by atoms with E-state index in [1.807, 2.05) is 9.80 Å². The Morgan fingerprint density at radius 2 is 0.912 bits per heavy atom. The standard InChI is InChI=1S/C24H48N4O6/c1-17(29)13-27(14-18(2)30)11-7-5-9-21-23(33)26-22(24(34)25-21)10-6-8-12-28(15-19(3)31)16-20(4)32/h17-22,29-32H,5-16H2,1-4H3,(H,25,34)(H,26,33)/t17-,18-,19-,20-,21-,22+/m1/s1. The van der Waals surface area contributed by atoms with E-state index in [0.717, 1.165) is 25.7 Å². The van der Waals surface area contributed by atoms with E-state index >= 15 is 0 Å². The number of rotatable bonds is 18. The summed E-state index contributed by atoms with van der Waals surface area (Å²) < 4.78 is 0. The number of aliphatic hydroxyl groups is 4. The molecule has 1 aliphatic heterocycles. The van der Waals surface area contributed by atoms with Gasteiger partial charge in [0.15, 0.2) is 0 Å². The van der Waals surface area contributed by atoms with Crippen molar-refractivity contribution in [3.63, 3.8) is 0 Å². The highest BCUT2D eigenvalue weighted by Crippen LogP contribution is 2.12. The Balaban J connectivity index is 2.34. The molecule has 0 aromatic heterocycles. The molecule has 6 atom stereocenters. The molecule has 0 unspecified atom stereocenters. The summed E-state index contributed by atoms with van der Waals surface area (Å²) in [5.41, 5.74) is 0. The second-order valence-electron chi connectivity index (χ2n) is 10.0. The van der Waals surface area contributed by atoms with Gasteiger partial charge in [-0.15, -0.1) is 0 Å². The molecule has 1 rings (SSSR count). The fourth-order valence-corrected chi connectivity index (χ4v) is 4.46. The van der Waals surface area contributed by atoms with Gasteiger partial charge in [-0.3, -0.25) is 19.4 Å². The summed E-state index contributed by atoms with van der Waals surface area (Å²) in [5, 5.41) is 44.1. The molecular formula is C24H48N4O6. The molecule has 10 nitrogen and oxygen atoms in total. The van der Waals surface area contributed by atoms with Crippen molar-refractivity contribution in [2.24, 2.45) is 0 Å². The van der Waals surface area contributed by atoms with E-state index in [2.05, 4.69) is 10.6 Å². The molecule has 34 heavy (non-hydrogen) atoms. The van der Waals surface area contributed by atoms with Gasteiger partial charge in [0.05, 0.1) is 24.4 Å². The van der Waals surface area contributed by atoms with Crippen LogP contribution < -0.4 is 10.6 Å². The first-order valence-corrected chi connectivity index (χ1v) is 12.8. The lowest BCUT2D eigenvalue weighted by Gasteiger charge is -2.30. The zero-order valence-electron chi connectivity index (χ0n) is 21.4. The molecule has 10 heteroatoms.